The summed E-state index contributed by atoms with van der Waals surface area (Å²) in [6.07, 6.45) is 2.76. The Morgan fingerprint density at radius 1 is 1.17 bits per heavy atom. The molecule has 35 heavy (non-hydrogen) atoms. The Balaban J connectivity index is 1.41. The highest BCUT2D eigenvalue weighted by molar-refractivity contribution is 7.15. The summed E-state index contributed by atoms with van der Waals surface area (Å²) in [4.78, 5) is 16.8. The molecule has 0 radical (unpaired) electrons. The largest absolute Gasteiger partial charge is 0.493 e. The predicted molar refractivity (Wildman–Crippen MR) is 131 cm³/mol. The minimum Gasteiger partial charge on any atom is -0.493 e. The number of carboxylic acid groups (broad SMARTS) is 1. The van der Waals surface area contributed by atoms with Crippen LogP contribution in [0.25, 0.3) is 16.6 Å². The number of aliphatic carboxylic acids is 1. The van der Waals surface area contributed by atoms with Gasteiger partial charge in [-0.1, -0.05) is 43.7 Å². The molecule has 1 N–H and O–H groups in total. The Morgan fingerprint density at radius 3 is 2.63 bits per heavy atom. The molecule has 0 saturated heterocycles. The first-order valence-electron chi connectivity index (χ1n) is 11.5. The second-order valence-corrected chi connectivity index (χ2v) is 9.68. The van der Waals surface area contributed by atoms with Crippen molar-refractivity contribution in [1.82, 2.24) is 4.98 Å². The lowest BCUT2D eigenvalue weighted by Gasteiger charge is -2.18. The van der Waals surface area contributed by atoms with Gasteiger partial charge in [-0.05, 0) is 54.2 Å². The molecule has 4 nitrogen and oxygen atoms in total. The molecule has 1 aliphatic carbocycles. The number of allylic oxidation sites excluding steroid dienone is 1. The highest BCUT2D eigenvalue weighted by Gasteiger charge is 2.30. The molecule has 0 amide bonds. The summed E-state index contributed by atoms with van der Waals surface area (Å²) < 4.78 is 44.6. The van der Waals surface area contributed by atoms with Crippen molar-refractivity contribution in [2.45, 2.75) is 45.2 Å². The van der Waals surface area contributed by atoms with Crippen LogP contribution in [0.4, 0.5) is 13.2 Å². The molecule has 0 fully saturated rings. The van der Waals surface area contributed by atoms with Gasteiger partial charge in [-0.2, -0.15) is 13.2 Å². The molecular formula is C27H26F3NO3S. The number of hydrogen-bond donors (Lipinski definition) is 1. The molecule has 184 valence electrons. The number of rotatable bonds is 9. The van der Waals surface area contributed by atoms with E-state index < -0.39 is 17.7 Å². The number of aromatic nitrogens is 1. The molecular weight excluding hydrogens is 475 g/mol. The third-order valence-corrected chi connectivity index (χ3v) is 7.11. The highest BCUT2D eigenvalue weighted by atomic mass is 32.1. The van der Waals surface area contributed by atoms with Gasteiger partial charge in [0, 0.05) is 16.9 Å². The maximum Gasteiger partial charge on any atom is 0.416 e. The first-order valence-corrected chi connectivity index (χ1v) is 12.4. The molecule has 4 rings (SSSR count). The van der Waals surface area contributed by atoms with E-state index in [1.165, 1.54) is 23.5 Å². The van der Waals surface area contributed by atoms with Crippen molar-refractivity contribution in [2.75, 3.05) is 6.61 Å². The SMILES string of the molecule is CCCc1sc(-c2ccc(C(F)(F)F)cc2)nc1CCOc1ccc2c(c1)C=CC(CC(=O)O)C2. The van der Waals surface area contributed by atoms with Crippen LogP contribution in [0.3, 0.4) is 0 Å². The number of carboxylic acids is 1. The topological polar surface area (TPSA) is 59.4 Å². The van der Waals surface area contributed by atoms with Crippen LogP contribution in [0.15, 0.2) is 48.5 Å². The zero-order chi connectivity index (χ0) is 25.0. The summed E-state index contributed by atoms with van der Waals surface area (Å²) in [6, 6.07) is 11.0. The molecule has 1 aromatic heterocycles. The van der Waals surface area contributed by atoms with E-state index in [0.717, 1.165) is 52.4 Å². The van der Waals surface area contributed by atoms with E-state index in [2.05, 4.69) is 6.92 Å². The smallest absolute Gasteiger partial charge is 0.416 e. The van der Waals surface area contributed by atoms with Crippen molar-refractivity contribution in [1.29, 1.82) is 0 Å². The minimum atomic E-state index is -4.36. The van der Waals surface area contributed by atoms with Crippen molar-refractivity contribution >= 4 is 23.4 Å². The van der Waals surface area contributed by atoms with E-state index in [4.69, 9.17) is 14.8 Å². The number of fused-ring (bicyclic) bond motifs is 1. The van der Waals surface area contributed by atoms with Gasteiger partial charge < -0.3 is 9.84 Å². The predicted octanol–water partition coefficient (Wildman–Crippen LogP) is 7.06. The fourth-order valence-corrected chi connectivity index (χ4v) is 5.37. The number of hydrogen-bond acceptors (Lipinski definition) is 4. The monoisotopic (exact) mass is 501 g/mol. The molecule has 0 bridgehead atoms. The highest BCUT2D eigenvalue weighted by Crippen LogP contribution is 2.34. The van der Waals surface area contributed by atoms with Gasteiger partial charge >= 0.3 is 12.1 Å². The third kappa shape index (κ3) is 6.31. The van der Waals surface area contributed by atoms with E-state index in [1.54, 1.807) is 0 Å². The van der Waals surface area contributed by atoms with Gasteiger partial charge in [0.05, 0.1) is 24.3 Å². The van der Waals surface area contributed by atoms with Gasteiger partial charge in [-0.25, -0.2) is 4.98 Å². The number of benzene rings is 2. The molecule has 2 aromatic carbocycles. The first-order chi connectivity index (χ1) is 16.7. The van der Waals surface area contributed by atoms with Crippen LogP contribution in [-0.4, -0.2) is 22.7 Å². The average molecular weight is 502 g/mol. The molecule has 1 unspecified atom stereocenters. The number of halogens is 3. The van der Waals surface area contributed by atoms with Crippen LogP contribution in [0.5, 0.6) is 5.75 Å². The summed E-state index contributed by atoms with van der Waals surface area (Å²) >= 11 is 1.52. The lowest BCUT2D eigenvalue weighted by molar-refractivity contribution is -0.138. The number of alkyl halides is 3. The van der Waals surface area contributed by atoms with Gasteiger partial charge in [0.15, 0.2) is 0 Å². The molecule has 1 heterocycles. The van der Waals surface area contributed by atoms with Crippen LogP contribution in [0.2, 0.25) is 0 Å². The van der Waals surface area contributed by atoms with E-state index in [-0.39, 0.29) is 12.3 Å². The standard InChI is InChI=1S/C27H26F3NO3S/c1-2-3-24-23(31-26(35-24)18-6-9-21(10-7-18)27(28,29)30)12-13-34-22-11-8-19-14-17(15-25(32)33)4-5-20(19)16-22/h4-11,16-17H,2-3,12-15H2,1H3,(H,32,33). The van der Waals surface area contributed by atoms with E-state index in [0.29, 0.717) is 30.0 Å². The van der Waals surface area contributed by atoms with Gasteiger partial charge in [0.1, 0.15) is 10.8 Å². The van der Waals surface area contributed by atoms with Crippen LogP contribution in [-0.2, 0) is 30.2 Å². The Morgan fingerprint density at radius 2 is 1.94 bits per heavy atom. The molecule has 8 heteroatoms. The van der Waals surface area contributed by atoms with E-state index >= 15 is 0 Å². The fraction of sp³-hybridized carbons (Fsp3) is 0.333. The van der Waals surface area contributed by atoms with Gasteiger partial charge in [0.2, 0.25) is 0 Å². The molecule has 3 aromatic rings. The second-order valence-electron chi connectivity index (χ2n) is 8.59. The van der Waals surface area contributed by atoms with Crippen molar-refractivity contribution in [2.24, 2.45) is 5.92 Å². The summed E-state index contributed by atoms with van der Waals surface area (Å²) in [5.74, 6) is -0.0541. The Labute approximate surface area is 206 Å². The minimum absolute atomic E-state index is 0.00674. The summed E-state index contributed by atoms with van der Waals surface area (Å²) in [6.45, 7) is 2.51. The number of ether oxygens (including phenoxy) is 1. The third-order valence-electron chi connectivity index (χ3n) is 5.91. The second kappa shape index (κ2) is 10.6. The normalized spacial score (nSPS) is 15.1. The fourth-order valence-electron chi connectivity index (χ4n) is 4.15. The van der Waals surface area contributed by atoms with Gasteiger partial charge in [-0.3, -0.25) is 4.79 Å². The maximum atomic E-state index is 12.9. The zero-order valence-electron chi connectivity index (χ0n) is 19.3. The van der Waals surface area contributed by atoms with Crippen molar-refractivity contribution < 1.29 is 27.8 Å². The average Bonchev–Trinajstić information content (AvgIpc) is 3.21. The maximum absolute atomic E-state index is 12.9. The van der Waals surface area contributed by atoms with E-state index in [1.807, 2.05) is 30.4 Å². The van der Waals surface area contributed by atoms with Crippen molar-refractivity contribution in [3.8, 4) is 16.3 Å². The Kier molecular flexibility index (Phi) is 7.60. The first kappa shape index (κ1) is 25.0. The van der Waals surface area contributed by atoms with Crippen molar-refractivity contribution in [3.63, 3.8) is 0 Å². The Hall–Kier alpha value is -3.13. The lowest BCUT2D eigenvalue weighted by atomic mass is 9.88. The Bertz CT molecular complexity index is 1220. The van der Waals surface area contributed by atoms with Crippen LogP contribution < -0.4 is 4.74 Å². The lowest BCUT2D eigenvalue weighted by Crippen LogP contribution is -2.12. The molecule has 0 aliphatic heterocycles. The summed E-state index contributed by atoms with van der Waals surface area (Å²) in [5, 5.41) is 9.72. The number of thiazole rings is 1. The quantitative estimate of drug-likeness (QED) is 0.341. The summed E-state index contributed by atoms with van der Waals surface area (Å²) in [5.41, 5.74) is 3.07. The van der Waals surface area contributed by atoms with Gasteiger partial charge in [-0.15, -0.1) is 11.3 Å². The molecule has 0 saturated carbocycles. The van der Waals surface area contributed by atoms with E-state index in [9.17, 15) is 18.0 Å². The van der Waals surface area contributed by atoms with Crippen LogP contribution in [0.1, 0.15) is 47.0 Å². The van der Waals surface area contributed by atoms with Crippen molar-refractivity contribution in [3.05, 3.63) is 75.8 Å². The number of aryl methyl sites for hydroxylation is 1. The number of nitrogens with zero attached hydrogens (tertiary/aromatic N) is 1. The van der Waals surface area contributed by atoms with Crippen LogP contribution in [0, 0.1) is 5.92 Å². The molecule has 1 atom stereocenters. The number of carbonyl (C=O) groups is 1. The summed E-state index contributed by atoms with van der Waals surface area (Å²) in [7, 11) is 0. The molecule has 0 spiro atoms. The molecule has 1 aliphatic rings. The zero-order valence-corrected chi connectivity index (χ0v) is 20.1. The van der Waals surface area contributed by atoms with Crippen LogP contribution >= 0.6 is 11.3 Å². The van der Waals surface area contributed by atoms with Gasteiger partial charge in [0.25, 0.3) is 0 Å².